The number of amides is 3. The maximum Gasteiger partial charge on any atom is 0.294 e. The number of carbonyl (C=O) groups is 3. The zero-order valence-electron chi connectivity index (χ0n) is 19.5. The van der Waals surface area contributed by atoms with Crippen molar-refractivity contribution < 1.29 is 23.9 Å². The fourth-order valence-electron chi connectivity index (χ4n) is 3.67. The third kappa shape index (κ3) is 5.63. The molecule has 1 fully saturated rings. The number of ether oxygens (including phenoxy) is 2. The first-order valence-electron chi connectivity index (χ1n) is 11.1. The van der Waals surface area contributed by atoms with Crippen LogP contribution in [0.1, 0.15) is 12.5 Å². The van der Waals surface area contributed by atoms with Crippen molar-refractivity contribution in [2.24, 2.45) is 0 Å². The van der Waals surface area contributed by atoms with Gasteiger partial charge in [-0.3, -0.25) is 19.3 Å². The van der Waals surface area contributed by atoms with Crippen LogP contribution >= 0.6 is 27.7 Å². The van der Waals surface area contributed by atoms with Crippen LogP contribution in [-0.4, -0.2) is 41.7 Å². The molecule has 3 aromatic carbocycles. The quantitative estimate of drug-likeness (QED) is 0.244. The number of halogens is 1. The van der Waals surface area contributed by atoms with Crippen molar-refractivity contribution in [2.45, 2.75) is 6.92 Å². The Kier molecular flexibility index (Phi) is 8.12. The maximum absolute atomic E-state index is 13.0. The van der Waals surface area contributed by atoms with Gasteiger partial charge in [0.15, 0.2) is 11.5 Å². The van der Waals surface area contributed by atoms with Crippen molar-refractivity contribution in [2.75, 3.05) is 25.1 Å². The number of benzene rings is 3. The second kappa shape index (κ2) is 11.5. The zero-order chi connectivity index (χ0) is 25.7. The molecule has 1 aliphatic heterocycles. The van der Waals surface area contributed by atoms with E-state index < -0.39 is 17.1 Å². The summed E-state index contributed by atoms with van der Waals surface area (Å²) < 4.78 is 12.0. The second-order valence-corrected chi connectivity index (χ2v) is 9.55. The van der Waals surface area contributed by atoms with Gasteiger partial charge in [0, 0.05) is 11.1 Å². The normalized spacial score (nSPS) is 14.4. The minimum absolute atomic E-state index is 0.215. The third-order valence-corrected chi connectivity index (χ3v) is 6.71. The molecule has 0 aliphatic carbocycles. The number of imide groups is 1. The summed E-state index contributed by atoms with van der Waals surface area (Å²) in [5.74, 6) is 0.0277. The predicted octanol–water partition coefficient (Wildman–Crippen LogP) is 6.24. The molecular weight excluding hydrogens is 544 g/mol. The molecule has 0 atom stereocenters. The fourth-order valence-corrected chi connectivity index (χ4v) is 5.08. The summed E-state index contributed by atoms with van der Waals surface area (Å²) in [5, 5.41) is 4.16. The van der Waals surface area contributed by atoms with E-state index in [9.17, 15) is 14.4 Å². The van der Waals surface area contributed by atoms with Crippen LogP contribution in [0.5, 0.6) is 11.5 Å². The largest absolute Gasteiger partial charge is 0.490 e. The summed E-state index contributed by atoms with van der Waals surface area (Å²) in [6, 6.07) is 16.7. The van der Waals surface area contributed by atoms with Crippen LogP contribution in [0.2, 0.25) is 0 Å². The average molecular weight is 567 g/mol. The summed E-state index contributed by atoms with van der Waals surface area (Å²) in [4.78, 5) is 39.4. The van der Waals surface area contributed by atoms with Gasteiger partial charge in [0.25, 0.3) is 11.1 Å². The molecule has 0 bridgehead atoms. The molecule has 9 heteroatoms. The lowest BCUT2D eigenvalue weighted by atomic mass is 10.1. The van der Waals surface area contributed by atoms with Gasteiger partial charge in [-0.2, -0.15) is 0 Å². The van der Waals surface area contributed by atoms with Crippen LogP contribution in [0.15, 0.2) is 76.6 Å². The van der Waals surface area contributed by atoms with Gasteiger partial charge in [-0.05, 0) is 69.8 Å². The summed E-state index contributed by atoms with van der Waals surface area (Å²) in [6.45, 7) is 5.85. The molecule has 184 valence electrons. The molecular formula is C27H23BrN2O5S. The molecule has 1 N–H and O–H groups in total. The Hall–Kier alpha value is -3.56. The minimum Gasteiger partial charge on any atom is -0.490 e. The highest BCUT2D eigenvalue weighted by Crippen LogP contribution is 2.39. The zero-order valence-corrected chi connectivity index (χ0v) is 21.9. The Morgan fingerprint density at radius 3 is 2.69 bits per heavy atom. The van der Waals surface area contributed by atoms with Crippen molar-refractivity contribution in [3.8, 4) is 11.5 Å². The molecule has 1 saturated heterocycles. The molecule has 0 aromatic heterocycles. The highest BCUT2D eigenvalue weighted by molar-refractivity contribution is 9.10. The average Bonchev–Trinajstić information content (AvgIpc) is 3.11. The molecule has 4 rings (SSSR count). The first kappa shape index (κ1) is 25.5. The first-order chi connectivity index (χ1) is 17.4. The van der Waals surface area contributed by atoms with Crippen molar-refractivity contribution >= 4 is 67.3 Å². The molecule has 36 heavy (non-hydrogen) atoms. The number of thioether (sulfide) groups is 1. The van der Waals surface area contributed by atoms with Gasteiger partial charge in [0.2, 0.25) is 5.91 Å². The highest BCUT2D eigenvalue weighted by Gasteiger charge is 2.36. The predicted molar refractivity (Wildman–Crippen MR) is 146 cm³/mol. The molecule has 1 heterocycles. The van der Waals surface area contributed by atoms with E-state index in [1.807, 2.05) is 43.3 Å². The van der Waals surface area contributed by atoms with Crippen LogP contribution in [0.3, 0.4) is 0 Å². The first-order valence-corrected chi connectivity index (χ1v) is 12.7. The SMILES string of the molecule is C=CCOc1c(Br)cc(/C=C2/SC(=O)N(CC(=O)Nc3cccc4ccccc34)C2=O)cc1OCC. The van der Waals surface area contributed by atoms with Gasteiger partial charge in [-0.25, -0.2) is 0 Å². The molecule has 1 aliphatic rings. The number of anilines is 1. The lowest BCUT2D eigenvalue weighted by Gasteiger charge is -2.14. The Balaban J connectivity index is 1.51. The second-order valence-electron chi connectivity index (χ2n) is 7.71. The van der Waals surface area contributed by atoms with E-state index in [0.717, 1.165) is 27.4 Å². The molecule has 3 aromatic rings. The summed E-state index contributed by atoms with van der Waals surface area (Å²) in [7, 11) is 0. The van der Waals surface area contributed by atoms with Gasteiger partial charge in [-0.1, -0.05) is 49.1 Å². The number of fused-ring (bicyclic) bond motifs is 1. The molecule has 0 spiro atoms. The standard InChI is InChI=1S/C27H23BrN2O5S/c1-3-12-35-25-20(28)13-17(14-22(25)34-4-2)15-23-26(32)30(27(33)36-23)16-24(31)29-21-11-7-9-18-8-5-6-10-19(18)21/h3,5-11,13-15H,1,4,12,16H2,2H3,(H,29,31)/b23-15+. The van der Waals surface area contributed by atoms with Crippen LogP contribution in [0, 0.1) is 0 Å². The van der Waals surface area contributed by atoms with Gasteiger partial charge in [0.05, 0.1) is 16.0 Å². The van der Waals surface area contributed by atoms with Crippen LogP contribution in [0.4, 0.5) is 10.5 Å². The number of hydrogen-bond donors (Lipinski definition) is 1. The van der Waals surface area contributed by atoms with Crippen LogP contribution < -0.4 is 14.8 Å². The number of hydrogen-bond acceptors (Lipinski definition) is 6. The Morgan fingerprint density at radius 2 is 1.92 bits per heavy atom. The number of nitrogens with one attached hydrogen (secondary N) is 1. The van der Waals surface area contributed by atoms with E-state index >= 15 is 0 Å². The topological polar surface area (TPSA) is 84.9 Å². The number of nitrogens with zero attached hydrogens (tertiary/aromatic N) is 1. The van der Waals surface area contributed by atoms with E-state index in [1.165, 1.54) is 0 Å². The lowest BCUT2D eigenvalue weighted by molar-refractivity contribution is -0.127. The minimum atomic E-state index is -0.529. The third-order valence-electron chi connectivity index (χ3n) is 5.21. The van der Waals surface area contributed by atoms with Crippen LogP contribution in [0.25, 0.3) is 16.8 Å². The van der Waals surface area contributed by atoms with E-state index in [2.05, 4.69) is 27.8 Å². The van der Waals surface area contributed by atoms with Crippen LogP contribution in [-0.2, 0) is 9.59 Å². The van der Waals surface area contributed by atoms with Crippen molar-refractivity contribution in [3.05, 3.63) is 82.2 Å². The van der Waals surface area contributed by atoms with E-state index in [-0.39, 0.29) is 11.4 Å². The summed E-state index contributed by atoms with van der Waals surface area (Å²) in [6.07, 6.45) is 3.22. The number of carbonyl (C=O) groups excluding carboxylic acids is 3. The van der Waals surface area contributed by atoms with Crippen molar-refractivity contribution in [3.63, 3.8) is 0 Å². The molecule has 0 radical (unpaired) electrons. The Bertz CT molecular complexity index is 1380. The van der Waals surface area contributed by atoms with Crippen molar-refractivity contribution in [1.82, 2.24) is 4.90 Å². The smallest absolute Gasteiger partial charge is 0.294 e. The fraction of sp³-hybridized carbons (Fsp3) is 0.148. The number of rotatable bonds is 9. The van der Waals surface area contributed by atoms with Gasteiger partial charge in [-0.15, -0.1) is 0 Å². The lowest BCUT2D eigenvalue weighted by Crippen LogP contribution is -2.36. The van der Waals surface area contributed by atoms with Gasteiger partial charge < -0.3 is 14.8 Å². The molecule has 0 saturated carbocycles. The monoisotopic (exact) mass is 566 g/mol. The highest BCUT2D eigenvalue weighted by atomic mass is 79.9. The van der Waals surface area contributed by atoms with Gasteiger partial charge in [0.1, 0.15) is 13.2 Å². The Labute approximate surface area is 221 Å². The molecule has 0 unspecified atom stereocenters. The molecule has 7 nitrogen and oxygen atoms in total. The van der Waals surface area contributed by atoms with E-state index in [1.54, 1.807) is 30.4 Å². The Morgan fingerprint density at radius 1 is 1.14 bits per heavy atom. The van der Waals surface area contributed by atoms with Gasteiger partial charge >= 0.3 is 0 Å². The molecule has 3 amide bonds. The van der Waals surface area contributed by atoms with E-state index in [0.29, 0.717) is 40.4 Å². The summed E-state index contributed by atoms with van der Waals surface area (Å²) in [5.41, 5.74) is 1.26. The van der Waals surface area contributed by atoms with E-state index in [4.69, 9.17) is 9.47 Å². The maximum atomic E-state index is 13.0. The summed E-state index contributed by atoms with van der Waals surface area (Å²) >= 11 is 4.27. The van der Waals surface area contributed by atoms with Crippen molar-refractivity contribution in [1.29, 1.82) is 0 Å².